The number of carbonyl (C=O) groups is 2. The Balaban J connectivity index is 1.42. The van der Waals surface area contributed by atoms with Gasteiger partial charge in [-0.15, -0.1) is 0 Å². The van der Waals surface area contributed by atoms with Gasteiger partial charge in [0.1, 0.15) is 11.4 Å². The molecule has 2 fully saturated rings. The molecule has 5 rings (SSSR count). The second-order valence-electron chi connectivity index (χ2n) is 10.5. The number of nitrogens with one attached hydrogen (secondary N) is 2. The Hall–Kier alpha value is -3.47. The summed E-state index contributed by atoms with van der Waals surface area (Å²) in [5.41, 5.74) is -0.484. The summed E-state index contributed by atoms with van der Waals surface area (Å²) in [4.78, 5) is 40.0. The maximum Gasteiger partial charge on any atom is 0.266 e. The van der Waals surface area contributed by atoms with Crippen molar-refractivity contribution in [1.82, 2.24) is 20.2 Å². The highest BCUT2D eigenvalue weighted by Crippen LogP contribution is 2.39. The first-order valence-corrected chi connectivity index (χ1v) is 12.7. The molecular weight excluding hydrogens is 477 g/mol. The number of ether oxygens (including phenoxy) is 1. The number of likely N-dealkylation sites (N-methyl/N-ethyl adjacent to an activating group) is 1. The van der Waals surface area contributed by atoms with E-state index in [1.165, 1.54) is 18.9 Å². The van der Waals surface area contributed by atoms with Crippen molar-refractivity contribution >= 4 is 35.0 Å². The van der Waals surface area contributed by atoms with Gasteiger partial charge in [-0.3, -0.25) is 9.59 Å². The van der Waals surface area contributed by atoms with Crippen molar-refractivity contribution in [2.24, 2.45) is 0 Å². The molecule has 1 aliphatic carbocycles. The number of amides is 2. The SMILES string of the molecule is COc1cc(C(=O)NC2CN(C)C2)ccc1Nc1ncc2c(n1)N(C1CCCC1)CC(C)(F)C(=O)N2C. The molecule has 1 aromatic heterocycles. The van der Waals surface area contributed by atoms with E-state index in [0.29, 0.717) is 28.5 Å². The van der Waals surface area contributed by atoms with E-state index in [1.54, 1.807) is 31.4 Å². The summed E-state index contributed by atoms with van der Waals surface area (Å²) >= 11 is 0. The monoisotopic (exact) mass is 511 g/mol. The molecule has 2 aromatic rings. The number of hydrogen-bond acceptors (Lipinski definition) is 8. The number of anilines is 4. The summed E-state index contributed by atoms with van der Waals surface area (Å²) in [5, 5.41) is 6.20. The molecule has 2 amide bonds. The summed E-state index contributed by atoms with van der Waals surface area (Å²) in [6.45, 7) is 2.93. The molecule has 3 aliphatic rings. The van der Waals surface area contributed by atoms with Crippen molar-refractivity contribution in [3.05, 3.63) is 30.0 Å². The zero-order valence-electron chi connectivity index (χ0n) is 21.8. The van der Waals surface area contributed by atoms with Crippen LogP contribution in [0.25, 0.3) is 0 Å². The predicted molar refractivity (Wildman–Crippen MR) is 140 cm³/mol. The second kappa shape index (κ2) is 9.77. The first-order chi connectivity index (χ1) is 17.7. The van der Waals surface area contributed by atoms with Crippen LogP contribution in [-0.4, -0.2) is 85.3 Å². The number of fused-ring (bicyclic) bond motifs is 1. The first kappa shape index (κ1) is 25.2. The number of rotatable bonds is 6. The van der Waals surface area contributed by atoms with Gasteiger partial charge >= 0.3 is 0 Å². The number of benzene rings is 1. The van der Waals surface area contributed by atoms with Gasteiger partial charge in [0.05, 0.1) is 31.6 Å². The summed E-state index contributed by atoms with van der Waals surface area (Å²) in [6.07, 6.45) is 5.53. The summed E-state index contributed by atoms with van der Waals surface area (Å²) in [7, 11) is 5.10. The van der Waals surface area contributed by atoms with E-state index >= 15 is 4.39 Å². The Morgan fingerprint density at radius 2 is 1.95 bits per heavy atom. The largest absolute Gasteiger partial charge is 0.495 e. The number of alkyl halides is 1. The molecule has 3 heterocycles. The lowest BCUT2D eigenvalue weighted by atomic mass is 10.1. The highest BCUT2D eigenvalue weighted by atomic mass is 19.1. The summed E-state index contributed by atoms with van der Waals surface area (Å²) in [5.74, 6) is 0.523. The molecule has 198 valence electrons. The number of aromatic nitrogens is 2. The molecule has 2 aliphatic heterocycles. The van der Waals surface area contributed by atoms with E-state index < -0.39 is 11.6 Å². The minimum absolute atomic E-state index is 0.0613. The summed E-state index contributed by atoms with van der Waals surface area (Å²) in [6, 6.07) is 5.40. The molecule has 1 unspecified atom stereocenters. The first-order valence-electron chi connectivity index (χ1n) is 12.7. The fourth-order valence-corrected chi connectivity index (χ4v) is 5.43. The summed E-state index contributed by atoms with van der Waals surface area (Å²) < 4.78 is 21.0. The van der Waals surface area contributed by atoms with Crippen LogP contribution < -0.4 is 25.2 Å². The molecule has 1 saturated heterocycles. The van der Waals surface area contributed by atoms with E-state index in [2.05, 4.69) is 20.5 Å². The van der Waals surface area contributed by atoms with Gasteiger partial charge in [0.25, 0.3) is 11.8 Å². The normalized spacial score (nSPS) is 22.9. The van der Waals surface area contributed by atoms with Gasteiger partial charge in [-0.25, -0.2) is 9.37 Å². The van der Waals surface area contributed by atoms with Crippen LogP contribution in [-0.2, 0) is 4.79 Å². The molecule has 1 saturated carbocycles. The van der Waals surface area contributed by atoms with Crippen LogP contribution in [0.4, 0.5) is 27.5 Å². The third-order valence-electron chi connectivity index (χ3n) is 7.48. The minimum Gasteiger partial charge on any atom is -0.495 e. The van der Waals surface area contributed by atoms with Gasteiger partial charge in [0, 0.05) is 31.7 Å². The van der Waals surface area contributed by atoms with E-state index in [4.69, 9.17) is 9.72 Å². The quantitative estimate of drug-likeness (QED) is 0.611. The standard InChI is InChI=1S/C26H34FN7O3/c1-26(27)15-34(18-7-5-6-8-18)22-20(33(3)24(26)36)12-28-25(31-22)30-19-10-9-16(11-21(19)37-4)23(35)29-17-13-32(2)14-17/h9-12,17-18H,5-8,13-15H2,1-4H3,(H,29,35)(H,28,30,31). The van der Waals surface area contributed by atoms with Crippen LogP contribution in [0.2, 0.25) is 0 Å². The molecule has 11 heteroatoms. The van der Waals surface area contributed by atoms with Gasteiger partial charge in [-0.1, -0.05) is 12.8 Å². The Bertz CT molecular complexity index is 1190. The number of likely N-dealkylation sites (tertiary alicyclic amines) is 1. The van der Waals surface area contributed by atoms with Crippen LogP contribution in [0.1, 0.15) is 43.0 Å². The number of carbonyl (C=O) groups excluding carboxylic acids is 2. The topological polar surface area (TPSA) is 103 Å². The van der Waals surface area contributed by atoms with Crippen molar-refractivity contribution in [2.75, 3.05) is 56.0 Å². The predicted octanol–water partition coefficient (Wildman–Crippen LogP) is 2.73. The van der Waals surface area contributed by atoms with Crippen molar-refractivity contribution < 1.29 is 18.7 Å². The molecule has 37 heavy (non-hydrogen) atoms. The second-order valence-corrected chi connectivity index (χ2v) is 10.5. The Morgan fingerprint density at radius 3 is 2.62 bits per heavy atom. The molecule has 2 N–H and O–H groups in total. The number of hydrogen-bond donors (Lipinski definition) is 2. The molecule has 1 atom stereocenters. The Kier molecular flexibility index (Phi) is 6.65. The minimum atomic E-state index is -2.04. The molecule has 0 spiro atoms. The number of methoxy groups -OCH3 is 1. The van der Waals surface area contributed by atoms with E-state index in [-0.39, 0.29) is 30.5 Å². The Morgan fingerprint density at radius 1 is 1.22 bits per heavy atom. The lowest BCUT2D eigenvalue weighted by Gasteiger charge is -2.36. The molecule has 10 nitrogen and oxygen atoms in total. The van der Waals surface area contributed by atoms with Crippen molar-refractivity contribution in [1.29, 1.82) is 0 Å². The van der Waals surface area contributed by atoms with Crippen molar-refractivity contribution in [3.63, 3.8) is 0 Å². The zero-order chi connectivity index (χ0) is 26.3. The molecule has 0 bridgehead atoms. The average molecular weight is 512 g/mol. The van der Waals surface area contributed by atoms with Crippen LogP contribution >= 0.6 is 0 Å². The van der Waals surface area contributed by atoms with E-state index in [1.807, 2.05) is 11.9 Å². The van der Waals surface area contributed by atoms with Crippen LogP contribution in [0.3, 0.4) is 0 Å². The molecule has 0 radical (unpaired) electrons. The van der Waals surface area contributed by atoms with Gasteiger partial charge in [0.15, 0.2) is 5.82 Å². The molecule has 1 aromatic carbocycles. The lowest BCUT2D eigenvalue weighted by molar-refractivity contribution is -0.128. The van der Waals surface area contributed by atoms with Gasteiger partial charge in [-0.2, -0.15) is 4.98 Å². The van der Waals surface area contributed by atoms with Gasteiger partial charge in [0.2, 0.25) is 11.6 Å². The fourth-order valence-electron chi connectivity index (χ4n) is 5.43. The van der Waals surface area contributed by atoms with E-state index in [9.17, 15) is 9.59 Å². The van der Waals surface area contributed by atoms with Gasteiger partial charge in [-0.05, 0) is 45.0 Å². The Labute approximate surface area is 216 Å². The van der Waals surface area contributed by atoms with Crippen LogP contribution in [0.5, 0.6) is 5.75 Å². The van der Waals surface area contributed by atoms with Crippen molar-refractivity contribution in [2.45, 2.75) is 50.4 Å². The lowest BCUT2D eigenvalue weighted by Crippen LogP contribution is -2.57. The highest BCUT2D eigenvalue weighted by Gasteiger charge is 2.45. The van der Waals surface area contributed by atoms with E-state index in [0.717, 1.165) is 38.8 Å². The van der Waals surface area contributed by atoms with Crippen molar-refractivity contribution in [3.8, 4) is 5.75 Å². The number of nitrogens with zero attached hydrogens (tertiary/aromatic N) is 5. The maximum absolute atomic E-state index is 15.5. The highest BCUT2D eigenvalue weighted by molar-refractivity contribution is 6.02. The third-order valence-corrected chi connectivity index (χ3v) is 7.48. The molecular formula is C26H34FN7O3. The number of halogens is 1. The van der Waals surface area contributed by atoms with Crippen LogP contribution in [0.15, 0.2) is 24.4 Å². The average Bonchev–Trinajstić information content (AvgIpc) is 3.38. The third kappa shape index (κ3) is 4.92. The van der Waals surface area contributed by atoms with Crippen LogP contribution in [0, 0.1) is 0 Å². The maximum atomic E-state index is 15.5. The zero-order valence-corrected chi connectivity index (χ0v) is 21.8. The smallest absolute Gasteiger partial charge is 0.266 e. The fraction of sp³-hybridized carbons (Fsp3) is 0.538. The van der Waals surface area contributed by atoms with Gasteiger partial charge < -0.3 is 30.1 Å².